The van der Waals surface area contributed by atoms with Gasteiger partial charge in [0.2, 0.25) is 0 Å². The third-order valence-electron chi connectivity index (χ3n) is 2.33. The van der Waals surface area contributed by atoms with Gasteiger partial charge in [-0.1, -0.05) is 0 Å². The number of hydrogen-bond donors (Lipinski definition) is 2. The van der Waals surface area contributed by atoms with Crippen LogP contribution in [0.5, 0.6) is 5.75 Å². The largest absolute Gasteiger partial charge is 0.487 e. The molecule has 2 heterocycles. The summed E-state index contributed by atoms with van der Waals surface area (Å²) in [6, 6.07) is 3.10. The highest BCUT2D eigenvalue weighted by molar-refractivity contribution is 5.73. The van der Waals surface area contributed by atoms with E-state index in [-0.39, 0.29) is 6.10 Å². The lowest BCUT2D eigenvalue weighted by atomic mass is 10.2. The second-order valence-electron chi connectivity index (χ2n) is 3.46. The molecule has 1 aliphatic rings. The minimum absolute atomic E-state index is 0.0877. The minimum Gasteiger partial charge on any atom is -0.487 e. The summed E-state index contributed by atoms with van der Waals surface area (Å²) in [6.45, 7) is 0.561. The lowest BCUT2D eigenvalue weighted by Crippen LogP contribution is -2.30. The Morgan fingerprint density at radius 3 is 3.13 bits per heavy atom. The highest BCUT2D eigenvalue weighted by Gasteiger charge is 2.30. The smallest absolute Gasteiger partial charge is 0.320 e. The van der Waals surface area contributed by atoms with Crippen molar-refractivity contribution in [3.63, 3.8) is 0 Å². The first-order chi connectivity index (χ1) is 7.25. The summed E-state index contributed by atoms with van der Waals surface area (Å²) in [5.41, 5.74) is 0. The van der Waals surface area contributed by atoms with Crippen molar-refractivity contribution in [3.05, 3.63) is 24.5 Å². The van der Waals surface area contributed by atoms with Gasteiger partial charge in [-0.15, -0.1) is 0 Å². The first-order valence-electron chi connectivity index (χ1n) is 4.78. The van der Waals surface area contributed by atoms with Gasteiger partial charge in [0.05, 0.1) is 6.20 Å². The molecule has 2 N–H and O–H groups in total. The van der Waals surface area contributed by atoms with E-state index in [1.54, 1.807) is 24.5 Å². The molecule has 5 heteroatoms. The lowest BCUT2D eigenvalue weighted by Gasteiger charge is -2.11. The van der Waals surface area contributed by atoms with Crippen LogP contribution in [0.2, 0.25) is 0 Å². The molecular weight excluding hydrogens is 196 g/mol. The van der Waals surface area contributed by atoms with Gasteiger partial charge < -0.3 is 15.2 Å². The topological polar surface area (TPSA) is 71.5 Å². The Bertz CT molecular complexity index is 342. The Morgan fingerprint density at radius 1 is 1.67 bits per heavy atom. The number of hydrogen-bond acceptors (Lipinski definition) is 4. The van der Waals surface area contributed by atoms with E-state index in [0.29, 0.717) is 18.7 Å². The highest BCUT2D eigenvalue weighted by Crippen LogP contribution is 2.15. The number of rotatable bonds is 3. The first kappa shape index (κ1) is 9.92. The molecule has 1 saturated heterocycles. The van der Waals surface area contributed by atoms with Crippen LogP contribution in [0.1, 0.15) is 6.42 Å². The van der Waals surface area contributed by atoms with Gasteiger partial charge in [-0.25, -0.2) is 0 Å². The van der Waals surface area contributed by atoms with E-state index in [1.165, 1.54) is 0 Å². The zero-order valence-corrected chi connectivity index (χ0v) is 8.09. The average Bonchev–Trinajstić information content (AvgIpc) is 2.68. The van der Waals surface area contributed by atoms with Gasteiger partial charge in [-0.3, -0.25) is 9.78 Å². The van der Waals surface area contributed by atoms with Crippen molar-refractivity contribution in [3.8, 4) is 5.75 Å². The number of nitrogens with zero attached hydrogens (tertiary/aromatic N) is 1. The van der Waals surface area contributed by atoms with Gasteiger partial charge in [-0.2, -0.15) is 0 Å². The summed E-state index contributed by atoms with van der Waals surface area (Å²) in [7, 11) is 0. The molecule has 0 amide bonds. The number of carboxylic acids is 1. The minimum atomic E-state index is -0.827. The number of ether oxygens (including phenoxy) is 1. The third-order valence-corrected chi connectivity index (χ3v) is 2.33. The molecule has 0 aliphatic carbocycles. The van der Waals surface area contributed by atoms with Gasteiger partial charge in [0, 0.05) is 19.2 Å². The van der Waals surface area contributed by atoms with Crippen LogP contribution in [-0.2, 0) is 4.79 Å². The molecule has 1 aromatic heterocycles. The van der Waals surface area contributed by atoms with E-state index in [1.807, 2.05) is 0 Å². The molecule has 80 valence electrons. The van der Waals surface area contributed by atoms with Crippen molar-refractivity contribution in [2.75, 3.05) is 6.54 Å². The molecule has 1 aliphatic heterocycles. The molecule has 0 radical (unpaired) electrons. The van der Waals surface area contributed by atoms with Crippen LogP contribution in [0.25, 0.3) is 0 Å². The number of pyridine rings is 1. The Kier molecular flexibility index (Phi) is 2.82. The van der Waals surface area contributed by atoms with Crippen LogP contribution < -0.4 is 10.1 Å². The SMILES string of the molecule is O=C(O)[C@@H]1C[C@H](Oc2cccnc2)CN1. The maximum absolute atomic E-state index is 10.7. The van der Waals surface area contributed by atoms with Gasteiger partial charge in [0.1, 0.15) is 17.9 Å². The van der Waals surface area contributed by atoms with Crippen molar-refractivity contribution in [1.82, 2.24) is 10.3 Å². The molecule has 0 spiro atoms. The number of carboxylic acid groups (broad SMARTS) is 1. The van der Waals surface area contributed by atoms with Gasteiger partial charge in [-0.05, 0) is 12.1 Å². The van der Waals surface area contributed by atoms with Crippen molar-refractivity contribution in [2.24, 2.45) is 0 Å². The highest BCUT2D eigenvalue weighted by atomic mass is 16.5. The molecule has 0 unspecified atom stereocenters. The fourth-order valence-electron chi connectivity index (χ4n) is 1.59. The summed E-state index contributed by atoms with van der Waals surface area (Å²) in [6.07, 6.45) is 3.69. The van der Waals surface area contributed by atoms with E-state index in [9.17, 15) is 4.79 Å². The Morgan fingerprint density at radius 2 is 2.53 bits per heavy atom. The predicted molar refractivity (Wildman–Crippen MR) is 52.7 cm³/mol. The molecule has 0 bridgehead atoms. The second kappa shape index (κ2) is 4.27. The van der Waals surface area contributed by atoms with Crippen LogP contribution in [-0.4, -0.2) is 34.8 Å². The van der Waals surface area contributed by atoms with Crippen molar-refractivity contribution >= 4 is 5.97 Å². The summed E-state index contributed by atoms with van der Waals surface area (Å²) >= 11 is 0. The quantitative estimate of drug-likeness (QED) is 0.746. The van der Waals surface area contributed by atoms with Crippen molar-refractivity contribution in [1.29, 1.82) is 0 Å². The molecule has 15 heavy (non-hydrogen) atoms. The van der Waals surface area contributed by atoms with Crippen LogP contribution in [0.3, 0.4) is 0 Å². The van der Waals surface area contributed by atoms with Crippen molar-refractivity contribution in [2.45, 2.75) is 18.6 Å². The van der Waals surface area contributed by atoms with E-state index >= 15 is 0 Å². The zero-order valence-electron chi connectivity index (χ0n) is 8.09. The lowest BCUT2D eigenvalue weighted by molar-refractivity contribution is -0.139. The molecular formula is C10H12N2O3. The van der Waals surface area contributed by atoms with Crippen LogP contribution in [0, 0.1) is 0 Å². The summed E-state index contributed by atoms with van der Waals surface area (Å²) in [4.78, 5) is 14.6. The van der Waals surface area contributed by atoms with Crippen LogP contribution in [0.4, 0.5) is 0 Å². The van der Waals surface area contributed by atoms with Crippen LogP contribution >= 0.6 is 0 Å². The summed E-state index contributed by atoms with van der Waals surface area (Å²) in [5, 5.41) is 11.6. The molecule has 1 fully saturated rings. The van der Waals surface area contributed by atoms with Crippen molar-refractivity contribution < 1.29 is 14.6 Å². The normalized spacial score (nSPS) is 25.1. The average molecular weight is 208 g/mol. The predicted octanol–water partition coefficient (Wildman–Crippen LogP) is 0.276. The third kappa shape index (κ3) is 2.44. The van der Waals surface area contributed by atoms with Crippen LogP contribution in [0.15, 0.2) is 24.5 Å². The Labute approximate surface area is 87.1 Å². The Balaban J connectivity index is 1.90. The Hall–Kier alpha value is -1.62. The van der Waals surface area contributed by atoms with Gasteiger partial charge >= 0.3 is 5.97 Å². The maximum atomic E-state index is 10.7. The summed E-state index contributed by atoms with van der Waals surface area (Å²) in [5.74, 6) is -0.150. The van der Waals surface area contributed by atoms with E-state index < -0.39 is 12.0 Å². The molecule has 2 atom stereocenters. The monoisotopic (exact) mass is 208 g/mol. The van der Waals surface area contributed by atoms with Gasteiger partial charge in [0.15, 0.2) is 0 Å². The number of carbonyl (C=O) groups is 1. The fourth-order valence-corrected chi connectivity index (χ4v) is 1.59. The number of aliphatic carboxylic acids is 1. The molecule has 0 saturated carbocycles. The van der Waals surface area contributed by atoms with E-state index in [4.69, 9.17) is 9.84 Å². The van der Waals surface area contributed by atoms with E-state index in [2.05, 4.69) is 10.3 Å². The molecule has 1 aromatic rings. The summed E-state index contributed by atoms with van der Waals surface area (Å²) < 4.78 is 5.57. The maximum Gasteiger partial charge on any atom is 0.320 e. The molecule has 0 aromatic carbocycles. The second-order valence-corrected chi connectivity index (χ2v) is 3.46. The number of aromatic nitrogens is 1. The standard InChI is InChI=1S/C10H12N2O3/c13-10(14)9-4-8(6-12-9)15-7-2-1-3-11-5-7/h1-3,5,8-9,12H,4,6H2,(H,13,14)/t8-,9-/m0/s1. The van der Waals surface area contributed by atoms with Gasteiger partial charge in [0.25, 0.3) is 0 Å². The first-order valence-corrected chi connectivity index (χ1v) is 4.78. The zero-order chi connectivity index (χ0) is 10.7. The molecule has 5 nitrogen and oxygen atoms in total. The number of nitrogens with one attached hydrogen (secondary N) is 1. The molecule has 2 rings (SSSR count). The van der Waals surface area contributed by atoms with E-state index in [0.717, 1.165) is 0 Å². The fraction of sp³-hybridized carbons (Fsp3) is 0.400.